The average Bonchev–Trinajstić information content (AvgIpc) is 3.67. The normalized spacial score (nSPS) is 11.4. The number of benzene rings is 2. The minimum Gasteiger partial charge on any atom is -0.319 e. The fourth-order valence-corrected chi connectivity index (χ4v) is 5.35. The van der Waals surface area contributed by atoms with Crippen molar-refractivity contribution in [1.29, 1.82) is 0 Å². The number of aromatic nitrogens is 7. The molecule has 216 valence electrons. The van der Waals surface area contributed by atoms with Crippen molar-refractivity contribution >= 4 is 17.4 Å². The predicted octanol–water partition coefficient (Wildman–Crippen LogP) is 6.24. The zero-order valence-electron chi connectivity index (χ0n) is 24.2. The molecule has 0 radical (unpaired) electrons. The lowest BCUT2D eigenvalue weighted by atomic mass is 9.97. The van der Waals surface area contributed by atoms with Gasteiger partial charge in [-0.2, -0.15) is 0 Å². The summed E-state index contributed by atoms with van der Waals surface area (Å²) in [6.45, 7) is 9.49. The summed E-state index contributed by atoms with van der Waals surface area (Å²) in [5, 5.41) is 14.9. The summed E-state index contributed by atoms with van der Waals surface area (Å²) < 4.78 is 1.94. The Morgan fingerprint density at radius 2 is 1.76 bits per heavy atom. The third-order valence-electron chi connectivity index (χ3n) is 7.44. The molecule has 2 aromatic carbocycles. The molecule has 0 spiro atoms. The van der Waals surface area contributed by atoms with Crippen molar-refractivity contribution in [2.45, 2.75) is 53.1 Å². The molecule has 0 aliphatic heterocycles. The van der Waals surface area contributed by atoms with Crippen molar-refractivity contribution in [2.24, 2.45) is 0 Å². The monoisotopic (exact) mass is 582 g/mol. The van der Waals surface area contributed by atoms with Gasteiger partial charge in [-0.05, 0) is 64.3 Å². The van der Waals surface area contributed by atoms with Gasteiger partial charge in [0.2, 0.25) is 5.78 Å². The summed E-state index contributed by atoms with van der Waals surface area (Å²) in [6, 6.07) is 20.0. The first-order valence-corrected chi connectivity index (χ1v) is 14.8. The number of nitrogens with one attached hydrogen (secondary N) is 1. The van der Waals surface area contributed by atoms with Gasteiger partial charge in [0.05, 0.1) is 0 Å². The van der Waals surface area contributed by atoms with Gasteiger partial charge >= 0.3 is 0 Å². The molecule has 1 N–H and O–H groups in total. The Labute approximate surface area is 251 Å². The van der Waals surface area contributed by atoms with Crippen LogP contribution in [0.5, 0.6) is 0 Å². The highest BCUT2D eigenvalue weighted by Gasteiger charge is 2.25. The topological polar surface area (TPSA) is 105 Å². The minimum atomic E-state index is -0.245. The van der Waals surface area contributed by atoms with E-state index in [1.807, 2.05) is 28.8 Å². The van der Waals surface area contributed by atoms with Crippen LogP contribution in [-0.2, 0) is 19.5 Å². The van der Waals surface area contributed by atoms with Crippen molar-refractivity contribution in [2.75, 3.05) is 13.1 Å². The Bertz CT molecular complexity index is 1610. The van der Waals surface area contributed by atoms with Gasteiger partial charge in [0.25, 0.3) is 0 Å². The SMILES string of the molecule is CCCCc1nc(Cl)c(C(=O)c2ccc(CN(CC)CC)cn2)n1Cc1ccc(-c2ccccc2)c(-c2nnn[nH]2)c1. The molecule has 42 heavy (non-hydrogen) atoms. The van der Waals surface area contributed by atoms with Crippen LogP contribution in [0, 0.1) is 0 Å². The van der Waals surface area contributed by atoms with E-state index in [9.17, 15) is 4.79 Å². The van der Waals surface area contributed by atoms with Crippen LogP contribution in [0.25, 0.3) is 22.5 Å². The summed E-state index contributed by atoms with van der Waals surface area (Å²) in [7, 11) is 0. The largest absolute Gasteiger partial charge is 0.319 e. The lowest BCUT2D eigenvalue weighted by Gasteiger charge is -2.17. The first-order chi connectivity index (χ1) is 20.5. The van der Waals surface area contributed by atoms with E-state index in [2.05, 4.69) is 86.6 Å². The maximum Gasteiger partial charge on any atom is 0.230 e. The van der Waals surface area contributed by atoms with Crippen molar-refractivity contribution in [3.63, 3.8) is 0 Å². The Kier molecular flexibility index (Phi) is 9.51. The number of pyridine rings is 1. The smallest absolute Gasteiger partial charge is 0.230 e. The number of hydrogen-bond donors (Lipinski definition) is 1. The number of hydrogen-bond acceptors (Lipinski definition) is 7. The number of carbonyl (C=O) groups is 1. The van der Waals surface area contributed by atoms with Gasteiger partial charge in [-0.15, -0.1) is 5.10 Å². The van der Waals surface area contributed by atoms with Crippen molar-refractivity contribution in [3.05, 3.63) is 100 Å². The Morgan fingerprint density at radius 1 is 0.976 bits per heavy atom. The molecule has 0 saturated carbocycles. The van der Waals surface area contributed by atoms with Gasteiger partial charge in [-0.3, -0.25) is 14.7 Å². The molecule has 0 bridgehead atoms. The first kappa shape index (κ1) is 29.3. The number of carbonyl (C=O) groups excluding carboxylic acids is 1. The summed E-state index contributed by atoms with van der Waals surface area (Å²) in [4.78, 5) is 25.3. The molecule has 0 aliphatic rings. The van der Waals surface area contributed by atoms with Crippen molar-refractivity contribution < 1.29 is 4.79 Å². The molecule has 0 unspecified atom stereocenters. The number of aryl methyl sites for hydroxylation is 1. The highest BCUT2D eigenvalue weighted by atomic mass is 35.5. The number of tetrazole rings is 1. The van der Waals surface area contributed by atoms with E-state index >= 15 is 0 Å². The third kappa shape index (κ3) is 6.48. The number of halogens is 1. The van der Waals surface area contributed by atoms with Gasteiger partial charge in [0, 0.05) is 31.3 Å². The number of H-pyrrole nitrogens is 1. The quantitative estimate of drug-likeness (QED) is 0.164. The number of imidazole rings is 1. The van der Waals surface area contributed by atoms with Gasteiger partial charge in [-0.1, -0.05) is 87.3 Å². The number of rotatable bonds is 13. The number of aromatic amines is 1. The van der Waals surface area contributed by atoms with Crippen LogP contribution in [-0.4, -0.2) is 58.9 Å². The van der Waals surface area contributed by atoms with Crippen LogP contribution in [0.15, 0.2) is 66.9 Å². The molecular weight excluding hydrogens is 548 g/mol. The van der Waals surface area contributed by atoms with Gasteiger partial charge in [-0.25, -0.2) is 10.1 Å². The zero-order chi connectivity index (χ0) is 29.5. The Hall–Kier alpha value is -4.21. The number of unbranched alkanes of at least 4 members (excludes halogenated alkanes) is 1. The van der Waals surface area contributed by atoms with E-state index in [0.29, 0.717) is 30.2 Å². The molecule has 9 nitrogen and oxygen atoms in total. The lowest BCUT2D eigenvalue weighted by Crippen LogP contribution is -2.22. The second-order valence-electron chi connectivity index (χ2n) is 10.2. The van der Waals surface area contributed by atoms with E-state index in [1.165, 1.54) is 0 Å². The van der Waals surface area contributed by atoms with Crippen LogP contribution in [0.3, 0.4) is 0 Å². The highest BCUT2D eigenvalue weighted by Crippen LogP contribution is 2.32. The van der Waals surface area contributed by atoms with Crippen LogP contribution < -0.4 is 0 Å². The second kappa shape index (κ2) is 13.6. The molecule has 0 aliphatic carbocycles. The maximum atomic E-state index is 13.9. The zero-order valence-corrected chi connectivity index (χ0v) is 25.0. The van der Waals surface area contributed by atoms with E-state index in [4.69, 9.17) is 11.6 Å². The van der Waals surface area contributed by atoms with Crippen LogP contribution in [0.4, 0.5) is 0 Å². The average molecular weight is 583 g/mol. The van der Waals surface area contributed by atoms with Crippen LogP contribution in [0.1, 0.15) is 66.7 Å². The molecule has 3 aromatic heterocycles. The molecule has 0 atom stereocenters. The first-order valence-electron chi connectivity index (χ1n) is 14.4. The molecular formula is C32H35ClN8O. The molecule has 5 rings (SSSR count). The van der Waals surface area contributed by atoms with E-state index in [1.54, 1.807) is 12.3 Å². The Balaban J connectivity index is 1.51. The fraction of sp³-hybridized carbons (Fsp3) is 0.312. The van der Waals surface area contributed by atoms with Crippen molar-refractivity contribution in [3.8, 4) is 22.5 Å². The van der Waals surface area contributed by atoms with Gasteiger partial charge < -0.3 is 4.57 Å². The molecule has 5 aromatic rings. The minimum absolute atomic E-state index is 0.195. The standard InChI is InChI=1S/C32H35ClN8O/c1-4-7-13-28-35-31(33)29(30(42)27-17-15-23(19-34-27)20-40(5-2)6-3)41(28)21-22-14-16-25(24-11-9-8-10-12-24)26(18-22)32-36-38-39-37-32/h8-12,14-19H,4-7,13,20-21H2,1-3H3,(H,36,37,38,39). The number of ketones is 1. The van der Waals surface area contributed by atoms with Crippen molar-refractivity contribution in [1.82, 2.24) is 40.1 Å². The molecule has 10 heteroatoms. The summed E-state index contributed by atoms with van der Waals surface area (Å²) in [5.41, 5.74) is 5.63. The maximum absolute atomic E-state index is 13.9. The molecule has 0 amide bonds. The highest BCUT2D eigenvalue weighted by molar-refractivity contribution is 6.33. The molecule has 0 saturated heterocycles. The van der Waals surface area contributed by atoms with Gasteiger partial charge in [0.1, 0.15) is 17.2 Å². The fourth-order valence-electron chi connectivity index (χ4n) is 5.07. The summed E-state index contributed by atoms with van der Waals surface area (Å²) >= 11 is 6.68. The second-order valence-corrected chi connectivity index (χ2v) is 10.6. The third-order valence-corrected chi connectivity index (χ3v) is 7.70. The molecule has 3 heterocycles. The predicted molar refractivity (Wildman–Crippen MR) is 164 cm³/mol. The van der Waals surface area contributed by atoms with E-state index in [0.717, 1.165) is 66.1 Å². The summed E-state index contributed by atoms with van der Waals surface area (Å²) in [5.74, 6) is 1.10. The summed E-state index contributed by atoms with van der Waals surface area (Å²) in [6.07, 6.45) is 4.41. The van der Waals surface area contributed by atoms with Gasteiger partial charge in [0.15, 0.2) is 11.0 Å². The Morgan fingerprint density at radius 3 is 2.43 bits per heavy atom. The van der Waals surface area contributed by atoms with E-state index in [-0.39, 0.29) is 10.9 Å². The van der Waals surface area contributed by atoms with E-state index < -0.39 is 0 Å². The number of nitrogens with zero attached hydrogens (tertiary/aromatic N) is 7. The lowest BCUT2D eigenvalue weighted by molar-refractivity contribution is 0.102. The molecule has 0 fully saturated rings. The van der Waals surface area contributed by atoms with Crippen LogP contribution >= 0.6 is 11.6 Å². The van der Waals surface area contributed by atoms with Crippen LogP contribution in [0.2, 0.25) is 5.15 Å².